The highest BCUT2D eigenvalue weighted by Gasteiger charge is 2.29. The number of benzene rings is 1. The highest BCUT2D eigenvalue weighted by molar-refractivity contribution is 5.95. The van der Waals surface area contributed by atoms with Crippen LogP contribution in [0, 0.1) is 13.8 Å². The molecule has 1 amide bonds. The van der Waals surface area contributed by atoms with E-state index in [1.165, 1.54) is 12.4 Å². The normalized spacial score (nSPS) is 11.3. The van der Waals surface area contributed by atoms with Crippen molar-refractivity contribution in [2.24, 2.45) is 0 Å². The van der Waals surface area contributed by atoms with Crippen molar-refractivity contribution in [3.05, 3.63) is 71.2 Å². The average molecular weight is 404 g/mol. The number of pyridine rings is 1. The van der Waals surface area contributed by atoms with Gasteiger partial charge in [-0.1, -0.05) is 24.3 Å². The van der Waals surface area contributed by atoms with Gasteiger partial charge in [0.2, 0.25) is 5.88 Å². The highest BCUT2D eigenvalue weighted by Crippen LogP contribution is 2.21. The number of hydrogen-bond acceptors (Lipinski definition) is 4. The molecule has 0 unspecified atom stereocenters. The Kier molecular flexibility index (Phi) is 5.86. The summed E-state index contributed by atoms with van der Waals surface area (Å²) in [7, 11) is 0. The molecule has 1 N–H and O–H groups in total. The summed E-state index contributed by atoms with van der Waals surface area (Å²) in [5.74, 6) is -0.564. The van der Waals surface area contributed by atoms with E-state index in [-0.39, 0.29) is 12.4 Å². The second kappa shape index (κ2) is 8.34. The van der Waals surface area contributed by atoms with Gasteiger partial charge in [0.15, 0.2) is 6.61 Å². The van der Waals surface area contributed by atoms with E-state index < -0.39 is 18.7 Å². The van der Waals surface area contributed by atoms with Gasteiger partial charge in [-0.15, -0.1) is 0 Å². The van der Waals surface area contributed by atoms with Crippen molar-refractivity contribution in [3.63, 3.8) is 0 Å². The van der Waals surface area contributed by atoms with Crippen molar-refractivity contribution in [2.45, 2.75) is 26.6 Å². The molecule has 0 spiro atoms. The smallest absolute Gasteiger partial charge is 0.422 e. The lowest BCUT2D eigenvalue weighted by molar-refractivity contribution is -0.154. The molecule has 0 atom stereocenters. The molecule has 0 saturated carbocycles. The monoisotopic (exact) mass is 404 g/mol. The molecule has 2 aromatic heterocycles. The van der Waals surface area contributed by atoms with E-state index in [4.69, 9.17) is 4.74 Å². The summed E-state index contributed by atoms with van der Waals surface area (Å²) in [6.07, 6.45) is -1.69. The fourth-order valence-electron chi connectivity index (χ4n) is 2.79. The molecule has 6 nitrogen and oxygen atoms in total. The Morgan fingerprint density at radius 1 is 1.17 bits per heavy atom. The largest absolute Gasteiger partial charge is 0.468 e. The van der Waals surface area contributed by atoms with E-state index in [1.54, 1.807) is 23.7 Å². The zero-order valence-electron chi connectivity index (χ0n) is 15.8. The maximum atomic E-state index is 12.6. The Balaban J connectivity index is 1.72. The number of para-hydroxylation sites is 1. The van der Waals surface area contributed by atoms with Gasteiger partial charge >= 0.3 is 6.18 Å². The SMILES string of the molecule is Cc1ccccc1-n1ncc(C(=O)NCc2cccnc2OCC(F)(F)F)c1C. The maximum absolute atomic E-state index is 12.6. The number of aromatic nitrogens is 3. The summed E-state index contributed by atoms with van der Waals surface area (Å²) in [6, 6.07) is 10.7. The highest BCUT2D eigenvalue weighted by atomic mass is 19.4. The van der Waals surface area contributed by atoms with E-state index >= 15 is 0 Å². The van der Waals surface area contributed by atoms with Crippen LogP contribution in [-0.2, 0) is 6.54 Å². The fourth-order valence-corrected chi connectivity index (χ4v) is 2.79. The Morgan fingerprint density at radius 3 is 2.66 bits per heavy atom. The van der Waals surface area contributed by atoms with E-state index in [1.807, 2.05) is 31.2 Å². The number of alkyl halides is 3. The summed E-state index contributed by atoms with van der Waals surface area (Å²) >= 11 is 0. The van der Waals surface area contributed by atoms with Crippen molar-refractivity contribution < 1.29 is 22.7 Å². The number of carbonyl (C=O) groups excluding carboxylic acids is 1. The summed E-state index contributed by atoms with van der Waals surface area (Å²) in [5, 5.41) is 6.97. The van der Waals surface area contributed by atoms with Crippen LogP contribution in [-0.4, -0.2) is 33.5 Å². The molecule has 0 bridgehead atoms. The first-order valence-electron chi connectivity index (χ1n) is 8.78. The Hall–Kier alpha value is -3.36. The topological polar surface area (TPSA) is 69.0 Å². The van der Waals surface area contributed by atoms with E-state index in [0.717, 1.165) is 11.3 Å². The molecule has 0 aliphatic carbocycles. The predicted molar refractivity (Wildman–Crippen MR) is 100.0 cm³/mol. The molecule has 0 aliphatic heterocycles. The predicted octanol–water partition coefficient (Wildman–Crippen LogP) is 3.76. The minimum absolute atomic E-state index is 0.0329. The van der Waals surface area contributed by atoms with Crippen LogP contribution in [0.4, 0.5) is 13.2 Å². The van der Waals surface area contributed by atoms with Crippen LogP contribution >= 0.6 is 0 Å². The van der Waals surface area contributed by atoms with Gasteiger partial charge in [0, 0.05) is 18.3 Å². The van der Waals surface area contributed by atoms with Crippen molar-refractivity contribution in [2.75, 3.05) is 6.61 Å². The number of halogens is 3. The minimum Gasteiger partial charge on any atom is -0.468 e. The zero-order chi connectivity index (χ0) is 21.0. The van der Waals surface area contributed by atoms with Gasteiger partial charge in [0.1, 0.15) is 0 Å². The van der Waals surface area contributed by atoms with Gasteiger partial charge in [0.25, 0.3) is 5.91 Å². The number of hydrogen-bond donors (Lipinski definition) is 1. The Bertz CT molecular complexity index is 1010. The quantitative estimate of drug-likeness (QED) is 0.679. The molecule has 0 radical (unpaired) electrons. The first-order valence-corrected chi connectivity index (χ1v) is 8.78. The molecule has 0 saturated heterocycles. The fraction of sp³-hybridized carbons (Fsp3) is 0.250. The molecule has 9 heteroatoms. The van der Waals surface area contributed by atoms with Crippen LogP contribution in [0.15, 0.2) is 48.8 Å². The molecule has 2 heterocycles. The van der Waals surface area contributed by atoms with Gasteiger partial charge in [0.05, 0.1) is 23.1 Å². The molecular formula is C20H19F3N4O2. The number of nitrogens with one attached hydrogen (secondary N) is 1. The minimum atomic E-state index is -4.47. The number of carbonyl (C=O) groups is 1. The first-order chi connectivity index (χ1) is 13.8. The number of aryl methyl sites for hydroxylation is 1. The number of nitrogens with zero attached hydrogens (tertiary/aromatic N) is 3. The molecule has 1 aromatic carbocycles. The van der Waals surface area contributed by atoms with Crippen molar-refractivity contribution >= 4 is 5.91 Å². The van der Waals surface area contributed by atoms with Gasteiger partial charge in [-0.25, -0.2) is 9.67 Å². The van der Waals surface area contributed by atoms with Crippen molar-refractivity contribution in [1.29, 1.82) is 0 Å². The molecule has 29 heavy (non-hydrogen) atoms. The van der Waals surface area contributed by atoms with Gasteiger partial charge in [-0.2, -0.15) is 18.3 Å². The average Bonchev–Trinajstić information content (AvgIpc) is 3.06. The second-order valence-electron chi connectivity index (χ2n) is 6.40. The Morgan fingerprint density at radius 2 is 1.93 bits per heavy atom. The van der Waals surface area contributed by atoms with E-state index in [0.29, 0.717) is 16.8 Å². The summed E-state index contributed by atoms with van der Waals surface area (Å²) in [5.41, 5.74) is 3.23. The summed E-state index contributed by atoms with van der Waals surface area (Å²) in [6.45, 7) is 2.24. The molecular weight excluding hydrogens is 385 g/mol. The summed E-state index contributed by atoms with van der Waals surface area (Å²) in [4.78, 5) is 16.4. The van der Waals surface area contributed by atoms with Crippen LogP contribution in [0.5, 0.6) is 5.88 Å². The number of rotatable bonds is 6. The molecule has 3 aromatic rings. The summed E-state index contributed by atoms with van der Waals surface area (Å²) < 4.78 is 43.6. The van der Waals surface area contributed by atoms with Crippen LogP contribution in [0.1, 0.15) is 27.2 Å². The molecule has 152 valence electrons. The van der Waals surface area contributed by atoms with Crippen LogP contribution < -0.4 is 10.1 Å². The van der Waals surface area contributed by atoms with Crippen LogP contribution in [0.25, 0.3) is 5.69 Å². The van der Waals surface area contributed by atoms with Crippen LogP contribution in [0.3, 0.4) is 0 Å². The van der Waals surface area contributed by atoms with Crippen molar-refractivity contribution in [3.8, 4) is 11.6 Å². The van der Waals surface area contributed by atoms with Gasteiger partial charge < -0.3 is 10.1 Å². The second-order valence-corrected chi connectivity index (χ2v) is 6.40. The zero-order valence-corrected chi connectivity index (χ0v) is 15.8. The van der Waals surface area contributed by atoms with Gasteiger partial charge in [-0.3, -0.25) is 4.79 Å². The Labute approximate surface area is 165 Å². The van der Waals surface area contributed by atoms with Crippen molar-refractivity contribution in [1.82, 2.24) is 20.1 Å². The third kappa shape index (κ3) is 4.92. The van der Waals surface area contributed by atoms with E-state index in [9.17, 15) is 18.0 Å². The maximum Gasteiger partial charge on any atom is 0.422 e. The number of ether oxygens (including phenoxy) is 1. The molecule has 3 rings (SSSR count). The lowest BCUT2D eigenvalue weighted by Crippen LogP contribution is -2.25. The molecule has 0 aliphatic rings. The molecule has 0 fully saturated rings. The van der Waals surface area contributed by atoms with E-state index in [2.05, 4.69) is 15.4 Å². The third-order valence-electron chi connectivity index (χ3n) is 4.26. The van der Waals surface area contributed by atoms with Crippen LogP contribution in [0.2, 0.25) is 0 Å². The third-order valence-corrected chi connectivity index (χ3v) is 4.26. The standard InChI is InChI=1S/C20H19F3N4O2/c1-13-6-3-4-8-17(13)27-14(2)16(11-26-27)18(28)25-10-15-7-5-9-24-19(15)29-12-20(21,22)23/h3-9,11H,10,12H2,1-2H3,(H,25,28). The number of amides is 1. The van der Waals surface area contributed by atoms with Gasteiger partial charge in [-0.05, 0) is 31.5 Å². The first kappa shape index (κ1) is 20.4. The lowest BCUT2D eigenvalue weighted by atomic mass is 10.2. The lowest BCUT2D eigenvalue weighted by Gasteiger charge is -2.12.